The molecule has 0 saturated heterocycles. The van der Waals surface area contributed by atoms with E-state index in [4.69, 9.17) is 18.9 Å². The molecule has 7 rings (SSSR count). The van der Waals surface area contributed by atoms with Gasteiger partial charge in [-0.1, -0.05) is 12.1 Å². The largest absolute Gasteiger partial charge is 0.504 e. The summed E-state index contributed by atoms with van der Waals surface area (Å²) in [6.45, 7) is 1.83. The number of nitrogens with zero attached hydrogens (tertiary/aromatic N) is 1. The van der Waals surface area contributed by atoms with Crippen LogP contribution < -0.4 is 24.3 Å². The molecule has 0 saturated carbocycles. The van der Waals surface area contributed by atoms with Gasteiger partial charge in [0.1, 0.15) is 5.75 Å². The van der Waals surface area contributed by atoms with Gasteiger partial charge >= 0.3 is 0 Å². The molecule has 0 fully saturated rings. The fourth-order valence-corrected chi connectivity index (χ4v) is 7.17. The van der Waals surface area contributed by atoms with Gasteiger partial charge in [-0.3, -0.25) is 4.90 Å². The summed E-state index contributed by atoms with van der Waals surface area (Å²) in [5.41, 5.74) is 8.58. The highest BCUT2D eigenvalue weighted by molar-refractivity contribution is 5.84. The minimum Gasteiger partial charge on any atom is -0.504 e. The number of phenols is 2. The number of benzene rings is 4. The Balaban J connectivity index is 1.14. The Kier molecular flexibility index (Phi) is 7.26. The summed E-state index contributed by atoms with van der Waals surface area (Å²) in [5.74, 6) is 3.13. The van der Waals surface area contributed by atoms with Gasteiger partial charge in [0.15, 0.2) is 34.5 Å². The van der Waals surface area contributed by atoms with Crippen LogP contribution in [0.3, 0.4) is 0 Å². The second-order valence-electron chi connectivity index (χ2n) is 11.9. The fourth-order valence-electron chi connectivity index (χ4n) is 7.17. The first-order valence-corrected chi connectivity index (χ1v) is 15.1. The molecule has 44 heavy (non-hydrogen) atoms. The number of fused-ring (bicyclic) bond motifs is 3. The van der Waals surface area contributed by atoms with Gasteiger partial charge in [0.05, 0.1) is 21.3 Å². The van der Waals surface area contributed by atoms with Crippen LogP contribution >= 0.6 is 0 Å². The third-order valence-electron chi connectivity index (χ3n) is 9.47. The topological polar surface area (TPSA) is 92.7 Å². The summed E-state index contributed by atoms with van der Waals surface area (Å²) in [6.07, 6.45) is 3.41. The van der Waals surface area contributed by atoms with E-state index in [1.807, 2.05) is 24.3 Å². The molecule has 3 N–H and O–H groups in total. The number of phenolic OH excluding ortho intramolecular Hbond substituents is 2. The van der Waals surface area contributed by atoms with Crippen molar-refractivity contribution in [2.75, 3.05) is 41.5 Å². The Morgan fingerprint density at radius 2 is 1.52 bits per heavy atom. The Morgan fingerprint density at radius 3 is 2.27 bits per heavy atom. The minimum atomic E-state index is 0.0267. The molecule has 2 heterocycles. The van der Waals surface area contributed by atoms with Crippen molar-refractivity contribution in [3.05, 3.63) is 88.0 Å². The van der Waals surface area contributed by atoms with Crippen LogP contribution in [0.4, 0.5) is 0 Å². The van der Waals surface area contributed by atoms with E-state index >= 15 is 0 Å². The van der Waals surface area contributed by atoms with Crippen molar-refractivity contribution in [3.63, 3.8) is 0 Å². The summed E-state index contributed by atoms with van der Waals surface area (Å²) in [6, 6.07) is 18.1. The monoisotopic (exact) mass is 594 g/mol. The van der Waals surface area contributed by atoms with Crippen LogP contribution in [0.15, 0.2) is 54.6 Å². The van der Waals surface area contributed by atoms with E-state index in [9.17, 15) is 10.2 Å². The SMILES string of the molecule is COc1cc2c(cc1OC)C(Cc1ccc(Oc3cc4c(cc3O)-c3c(O)c(OC)cc5c3C(C4)N(C)CC5)cc1)NCC2. The molecule has 0 aromatic heterocycles. The van der Waals surface area contributed by atoms with Gasteiger partial charge in [-0.25, -0.2) is 0 Å². The average Bonchev–Trinajstić information content (AvgIpc) is 3.04. The van der Waals surface area contributed by atoms with Crippen LogP contribution in [-0.4, -0.2) is 56.6 Å². The average molecular weight is 595 g/mol. The third-order valence-corrected chi connectivity index (χ3v) is 9.47. The van der Waals surface area contributed by atoms with Gasteiger partial charge < -0.3 is 34.5 Å². The summed E-state index contributed by atoms with van der Waals surface area (Å²) >= 11 is 0. The quantitative estimate of drug-likeness (QED) is 0.237. The predicted molar refractivity (Wildman–Crippen MR) is 169 cm³/mol. The van der Waals surface area contributed by atoms with Crippen molar-refractivity contribution in [1.82, 2.24) is 10.2 Å². The molecule has 8 nitrogen and oxygen atoms in total. The zero-order chi connectivity index (χ0) is 30.5. The number of nitrogens with one attached hydrogen (secondary N) is 1. The van der Waals surface area contributed by atoms with Gasteiger partial charge in [0.2, 0.25) is 0 Å². The highest BCUT2D eigenvalue weighted by Gasteiger charge is 2.36. The predicted octanol–water partition coefficient (Wildman–Crippen LogP) is 6.10. The first-order valence-electron chi connectivity index (χ1n) is 15.1. The lowest BCUT2D eigenvalue weighted by Crippen LogP contribution is -2.35. The van der Waals surface area contributed by atoms with Gasteiger partial charge in [0, 0.05) is 24.2 Å². The van der Waals surface area contributed by atoms with E-state index in [0.717, 1.165) is 72.5 Å². The highest BCUT2D eigenvalue weighted by Crippen LogP contribution is 2.53. The Bertz CT molecular complexity index is 1730. The lowest BCUT2D eigenvalue weighted by Gasteiger charge is -2.40. The van der Waals surface area contributed by atoms with Crippen LogP contribution in [0.25, 0.3) is 11.1 Å². The van der Waals surface area contributed by atoms with E-state index in [0.29, 0.717) is 17.2 Å². The van der Waals surface area contributed by atoms with Crippen molar-refractivity contribution in [2.45, 2.75) is 37.8 Å². The van der Waals surface area contributed by atoms with Gasteiger partial charge in [-0.15, -0.1) is 0 Å². The molecule has 0 amide bonds. The number of hydrogen-bond acceptors (Lipinski definition) is 8. The van der Waals surface area contributed by atoms with Crippen molar-refractivity contribution in [1.29, 1.82) is 0 Å². The van der Waals surface area contributed by atoms with Crippen LogP contribution in [0, 0.1) is 0 Å². The molecule has 1 aliphatic carbocycles. The lowest BCUT2D eigenvalue weighted by molar-refractivity contribution is 0.226. The molecular formula is C36H38N2O6. The second-order valence-corrected chi connectivity index (χ2v) is 11.9. The molecule has 2 aliphatic heterocycles. The van der Waals surface area contributed by atoms with E-state index in [-0.39, 0.29) is 23.6 Å². The number of rotatable bonds is 7. The number of likely N-dealkylation sites (N-methyl/N-ethyl adjacent to an activating group) is 1. The van der Waals surface area contributed by atoms with E-state index < -0.39 is 0 Å². The second kappa shape index (κ2) is 11.3. The first kappa shape index (κ1) is 28.4. The first-order chi connectivity index (χ1) is 21.4. The Labute approximate surface area is 257 Å². The maximum atomic E-state index is 11.2. The molecular weight excluding hydrogens is 556 g/mol. The van der Waals surface area contributed by atoms with Crippen LogP contribution in [0.2, 0.25) is 0 Å². The van der Waals surface area contributed by atoms with Gasteiger partial charge in [-0.05, 0) is 121 Å². The van der Waals surface area contributed by atoms with E-state index in [1.165, 1.54) is 22.3 Å². The molecule has 8 heteroatoms. The maximum Gasteiger partial charge on any atom is 0.169 e. The van der Waals surface area contributed by atoms with Crippen molar-refractivity contribution in [3.8, 4) is 51.4 Å². The Morgan fingerprint density at radius 1 is 0.818 bits per heavy atom. The maximum absolute atomic E-state index is 11.2. The number of aromatic hydroxyl groups is 2. The van der Waals surface area contributed by atoms with E-state index in [1.54, 1.807) is 27.4 Å². The van der Waals surface area contributed by atoms with Crippen molar-refractivity contribution >= 4 is 0 Å². The fraction of sp³-hybridized carbons (Fsp3) is 0.333. The normalized spacial score (nSPS) is 18.5. The molecule has 0 radical (unpaired) electrons. The number of methoxy groups -OCH3 is 3. The standard InChI is InChI=1S/C36H38N2O6/c1-38-12-10-22-16-33(43-4)36(40)35-26-18-29(39)30(17-23(26)14-28(38)34(22)35)44-24-7-5-20(6-8-24)13-27-25-19-32(42-3)31(41-2)15-21(25)9-11-37-27/h5-8,15-19,27-28,37,39-40H,9-14H2,1-4H3. The highest BCUT2D eigenvalue weighted by atomic mass is 16.5. The zero-order valence-corrected chi connectivity index (χ0v) is 25.6. The van der Waals surface area contributed by atoms with Gasteiger partial charge in [-0.2, -0.15) is 0 Å². The molecule has 2 atom stereocenters. The molecule has 4 aromatic rings. The summed E-state index contributed by atoms with van der Waals surface area (Å²) in [4.78, 5) is 2.33. The molecule has 0 bridgehead atoms. The molecule has 3 aliphatic rings. The number of ether oxygens (including phenoxy) is 4. The smallest absolute Gasteiger partial charge is 0.169 e. The Hall–Kier alpha value is -4.40. The summed E-state index contributed by atoms with van der Waals surface area (Å²) in [7, 11) is 7.03. The zero-order valence-electron chi connectivity index (χ0n) is 25.6. The van der Waals surface area contributed by atoms with Crippen LogP contribution in [0.5, 0.6) is 40.2 Å². The van der Waals surface area contributed by atoms with Crippen LogP contribution in [-0.2, 0) is 25.7 Å². The third kappa shape index (κ3) is 4.78. The molecule has 4 aromatic carbocycles. The molecule has 0 spiro atoms. The number of hydrogen-bond donors (Lipinski definition) is 3. The van der Waals surface area contributed by atoms with Crippen molar-refractivity contribution < 1.29 is 29.2 Å². The molecule has 2 unspecified atom stereocenters. The molecule has 228 valence electrons. The van der Waals surface area contributed by atoms with E-state index in [2.05, 4.69) is 41.5 Å². The lowest BCUT2D eigenvalue weighted by atomic mass is 9.76. The van der Waals surface area contributed by atoms with Crippen molar-refractivity contribution in [2.24, 2.45) is 0 Å². The summed E-state index contributed by atoms with van der Waals surface area (Å²) in [5, 5.41) is 25.9. The van der Waals surface area contributed by atoms with Crippen LogP contribution in [0.1, 0.15) is 45.5 Å². The van der Waals surface area contributed by atoms with Gasteiger partial charge in [0.25, 0.3) is 0 Å². The summed E-state index contributed by atoms with van der Waals surface area (Å²) < 4.78 is 22.8. The minimum absolute atomic E-state index is 0.0267.